The normalized spacial score (nSPS) is 22.8. The summed E-state index contributed by atoms with van der Waals surface area (Å²) in [5, 5.41) is 12.1. The van der Waals surface area contributed by atoms with Gasteiger partial charge in [0.2, 0.25) is 0 Å². The van der Waals surface area contributed by atoms with Gasteiger partial charge in [-0.05, 0) is 45.4 Å². The molecule has 5 heteroatoms. The molecule has 1 unspecified atom stereocenters. The molecule has 0 bridgehead atoms. The maximum absolute atomic E-state index is 12.4. The van der Waals surface area contributed by atoms with Gasteiger partial charge in [0.1, 0.15) is 5.54 Å². The van der Waals surface area contributed by atoms with Crippen molar-refractivity contribution in [2.24, 2.45) is 5.92 Å². The molecule has 0 radical (unpaired) electrons. The number of nitrogens with zero attached hydrogens (tertiary/aromatic N) is 1. The van der Waals surface area contributed by atoms with Crippen LogP contribution in [-0.4, -0.2) is 40.1 Å². The minimum Gasteiger partial charge on any atom is -0.480 e. The number of amides is 2. The average Bonchev–Trinajstić information content (AvgIpc) is 3.09. The Morgan fingerprint density at radius 1 is 1.26 bits per heavy atom. The van der Waals surface area contributed by atoms with Crippen LogP contribution in [0, 0.1) is 5.92 Å². The second-order valence-corrected chi connectivity index (χ2v) is 5.94. The van der Waals surface area contributed by atoms with Gasteiger partial charge < -0.3 is 15.3 Å². The van der Waals surface area contributed by atoms with Gasteiger partial charge in [-0.15, -0.1) is 0 Å². The fourth-order valence-corrected chi connectivity index (χ4v) is 3.07. The SMILES string of the molecule is CCN(C(=O)NC(C)(C(=O)O)C1CC1)C1CCCC1. The second kappa shape index (κ2) is 5.39. The van der Waals surface area contributed by atoms with Crippen molar-refractivity contribution in [3.63, 3.8) is 0 Å². The first-order valence-corrected chi connectivity index (χ1v) is 7.31. The molecule has 0 aromatic rings. The molecule has 2 aliphatic carbocycles. The molecule has 2 fully saturated rings. The zero-order valence-electron chi connectivity index (χ0n) is 11.8. The van der Waals surface area contributed by atoms with Crippen LogP contribution < -0.4 is 5.32 Å². The first-order chi connectivity index (χ1) is 8.99. The van der Waals surface area contributed by atoms with Crippen molar-refractivity contribution in [1.82, 2.24) is 10.2 Å². The van der Waals surface area contributed by atoms with Crippen LogP contribution in [0.25, 0.3) is 0 Å². The van der Waals surface area contributed by atoms with Gasteiger partial charge >= 0.3 is 12.0 Å². The molecule has 19 heavy (non-hydrogen) atoms. The van der Waals surface area contributed by atoms with Crippen molar-refractivity contribution < 1.29 is 14.7 Å². The fourth-order valence-electron chi connectivity index (χ4n) is 3.07. The standard InChI is InChI=1S/C14H24N2O3/c1-3-16(11-6-4-5-7-11)13(19)15-14(2,12(17)18)10-8-9-10/h10-11H,3-9H2,1-2H3,(H,15,19)(H,17,18). The van der Waals surface area contributed by atoms with E-state index < -0.39 is 11.5 Å². The van der Waals surface area contributed by atoms with E-state index in [1.165, 1.54) is 0 Å². The van der Waals surface area contributed by atoms with E-state index in [0.717, 1.165) is 38.5 Å². The number of urea groups is 1. The number of rotatable bonds is 5. The number of hydrogen-bond donors (Lipinski definition) is 2. The average molecular weight is 268 g/mol. The number of carboxylic acid groups (broad SMARTS) is 1. The Kier molecular flexibility index (Phi) is 4.02. The van der Waals surface area contributed by atoms with Gasteiger partial charge in [0, 0.05) is 12.6 Å². The monoisotopic (exact) mass is 268 g/mol. The maximum Gasteiger partial charge on any atom is 0.329 e. The molecule has 5 nitrogen and oxygen atoms in total. The Morgan fingerprint density at radius 2 is 1.84 bits per heavy atom. The van der Waals surface area contributed by atoms with Crippen molar-refractivity contribution in [3.05, 3.63) is 0 Å². The molecule has 0 spiro atoms. The van der Waals surface area contributed by atoms with E-state index >= 15 is 0 Å². The molecule has 1 atom stereocenters. The number of carbonyl (C=O) groups is 2. The predicted molar refractivity (Wildman–Crippen MR) is 71.9 cm³/mol. The van der Waals surface area contributed by atoms with Crippen LogP contribution in [0.4, 0.5) is 4.79 Å². The maximum atomic E-state index is 12.4. The van der Waals surface area contributed by atoms with E-state index in [0.29, 0.717) is 6.54 Å². The van der Waals surface area contributed by atoms with Crippen LogP contribution in [0.15, 0.2) is 0 Å². The van der Waals surface area contributed by atoms with Crippen LogP contribution in [0.2, 0.25) is 0 Å². The van der Waals surface area contributed by atoms with Crippen molar-refractivity contribution in [2.75, 3.05) is 6.54 Å². The molecule has 2 amide bonds. The minimum absolute atomic E-state index is 0.0798. The first kappa shape index (κ1) is 14.2. The van der Waals surface area contributed by atoms with Crippen molar-refractivity contribution >= 4 is 12.0 Å². The van der Waals surface area contributed by atoms with Crippen LogP contribution in [0.5, 0.6) is 0 Å². The van der Waals surface area contributed by atoms with E-state index in [1.807, 2.05) is 6.92 Å². The summed E-state index contributed by atoms with van der Waals surface area (Å²) in [4.78, 5) is 25.6. The summed E-state index contributed by atoms with van der Waals surface area (Å²) >= 11 is 0. The summed E-state index contributed by atoms with van der Waals surface area (Å²) in [5.74, 6) is -0.845. The Hall–Kier alpha value is -1.26. The zero-order chi connectivity index (χ0) is 14.0. The Labute approximate surface area is 114 Å². The molecule has 2 saturated carbocycles. The second-order valence-electron chi connectivity index (χ2n) is 5.94. The summed E-state index contributed by atoms with van der Waals surface area (Å²) in [6.07, 6.45) is 6.17. The van der Waals surface area contributed by atoms with Crippen LogP contribution in [0.3, 0.4) is 0 Å². The summed E-state index contributed by atoms with van der Waals surface area (Å²) in [5.41, 5.74) is -1.11. The molecular weight excluding hydrogens is 244 g/mol. The number of hydrogen-bond acceptors (Lipinski definition) is 2. The highest BCUT2D eigenvalue weighted by Gasteiger charge is 2.49. The third-order valence-electron chi connectivity index (χ3n) is 4.57. The molecule has 0 heterocycles. The lowest BCUT2D eigenvalue weighted by atomic mass is 9.96. The largest absolute Gasteiger partial charge is 0.480 e. The summed E-state index contributed by atoms with van der Waals surface area (Å²) in [7, 11) is 0. The Bertz CT molecular complexity index is 362. The minimum atomic E-state index is -1.11. The molecule has 2 N–H and O–H groups in total. The third kappa shape index (κ3) is 2.85. The summed E-state index contributed by atoms with van der Waals surface area (Å²) < 4.78 is 0. The topological polar surface area (TPSA) is 69.6 Å². The van der Waals surface area contributed by atoms with E-state index in [-0.39, 0.29) is 18.0 Å². The van der Waals surface area contributed by atoms with Crippen molar-refractivity contribution in [1.29, 1.82) is 0 Å². The van der Waals surface area contributed by atoms with E-state index in [9.17, 15) is 14.7 Å². The van der Waals surface area contributed by atoms with Gasteiger partial charge in [-0.25, -0.2) is 9.59 Å². The fraction of sp³-hybridized carbons (Fsp3) is 0.857. The molecular formula is C14H24N2O3. The number of nitrogens with one attached hydrogen (secondary N) is 1. The van der Waals surface area contributed by atoms with Crippen LogP contribution in [-0.2, 0) is 4.79 Å². The Balaban J connectivity index is 2.03. The first-order valence-electron chi connectivity index (χ1n) is 7.31. The lowest BCUT2D eigenvalue weighted by Gasteiger charge is -2.33. The van der Waals surface area contributed by atoms with Gasteiger partial charge in [0.15, 0.2) is 0 Å². The molecule has 0 aromatic heterocycles. The van der Waals surface area contributed by atoms with Crippen molar-refractivity contribution in [3.8, 4) is 0 Å². The smallest absolute Gasteiger partial charge is 0.329 e. The quantitative estimate of drug-likeness (QED) is 0.803. The lowest BCUT2D eigenvalue weighted by Crippen LogP contribution is -2.58. The number of aliphatic carboxylic acids is 1. The molecule has 2 aliphatic rings. The molecule has 0 saturated heterocycles. The molecule has 0 aromatic carbocycles. The van der Waals surface area contributed by atoms with E-state index in [4.69, 9.17) is 0 Å². The number of carboxylic acids is 1. The third-order valence-corrected chi connectivity index (χ3v) is 4.57. The van der Waals surface area contributed by atoms with E-state index in [2.05, 4.69) is 5.32 Å². The zero-order valence-corrected chi connectivity index (χ0v) is 11.8. The van der Waals surface area contributed by atoms with Gasteiger partial charge in [-0.2, -0.15) is 0 Å². The highest BCUT2D eigenvalue weighted by atomic mass is 16.4. The lowest BCUT2D eigenvalue weighted by molar-refractivity contribution is -0.144. The van der Waals surface area contributed by atoms with E-state index in [1.54, 1.807) is 11.8 Å². The van der Waals surface area contributed by atoms with Crippen molar-refractivity contribution in [2.45, 2.75) is 64.0 Å². The predicted octanol–water partition coefficient (Wildman–Crippen LogP) is 2.21. The summed E-state index contributed by atoms with van der Waals surface area (Å²) in [6, 6.07) is 0.0634. The van der Waals surface area contributed by atoms with Gasteiger partial charge in [0.25, 0.3) is 0 Å². The molecule has 2 rings (SSSR count). The van der Waals surface area contributed by atoms with Gasteiger partial charge in [-0.3, -0.25) is 0 Å². The highest BCUT2D eigenvalue weighted by Crippen LogP contribution is 2.40. The molecule has 108 valence electrons. The Morgan fingerprint density at radius 3 is 2.26 bits per heavy atom. The van der Waals surface area contributed by atoms with Crippen LogP contribution >= 0.6 is 0 Å². The van der Waals surface area contributed by atoms with Gasteiger partial charge in [0.05, 0.1) is 0 Å². The highest BCUT2D eigenvalue weighted by molar-refractivity contribution is 5.86. The van der Waals surface area contributed by atoms with Gasteiger partial charge in [-0.1, -0.05) is 12.8 Å². The summed E-state index contributed by atoms with van der Waals surface area (Å²) in [6.45, 7) is 4.22. The van der Waals surface area contributed by atoms with Crippen LogP contribution in [0.1, 0.15) is 52.4 Å². The molecule has 0 aliphatic heterocycles. The number of carbonyl (C=O) groups excluding carboxylic acids is 1.